The van der Waals surface area contributed by atoms with E-state index in [0.29, 0.717) is 22.7 Å². The summed E-state index contributed by atoms with van der Waals surface area (Å²) in [5.74, 6) is -0.799. The minimum atomic E-state index is -4.13. The topological polar surface area (TPSA) is 86.8 Å². The Morgan fingerprint density at radius 1 is 0.919 bits per heavy atom. The number of rotatable bonds is 10. The summed E-state index contributed by atoms with van der Waals surface area (Å²) in [7, 11) is -2.61. The molecule has 0 radical (unpaired) electrons. The lowest BCUT2D eigenvalue weighted by molar-refractivity contribution is -0.140. The summed E-state index contributed by atoms with van der Waals surface area (Å²) in [5, 5.41) is 3.03. The van der Waals surface area contributed by atoms with Crippen LogP contribution in [0.5, 0.6) is 0 Å². The molecule has 0 heterocycles. The van der Waals surface area contributed by atoms with Crippen molar-refractivity contribution < 1.29 is 18.0 Å². The summed E-state index contributed by atoms with van der Waals surface area (Å²) in [6, 6.07) is 19.6. The van der Waals surface area contributed by atoms with Gasteiger partial charge in [-0.05, 0) is 67.3 Å². The predicted molar refractivity (Wildman–Crippen MR) is 147 cm³/mol. The minimum absolute atomic E-state index is 0.0109. The van der Waals surface area contributed by atoms with Crippen LogP contribution in [0.25, 0.3) is 0 Å². The fourth-order valence-corrected chi connectivity index (χ4v) is 5.75. The fraction of sp³-hybridized carbons (Fsp3) is 0.286. The number of para-hydroxylation sites is 1. The van der Waals surface area contributed by atoms with E-state index in [4.69, 9.17) is 11.6 Å². The minimum Gasteiger partial charge on any atom is -0.357 e. The lowest BCUT2D eigenvalue weighted by Crippen LogP contribution is -2.52. The molecule has 2 amide bonds. The highest BCUT2D eigenvalue weighted by molar-refractivity contribution is 7.92. The van der Waals surface area contributed by atoms with Gasteiger partial charge >= 0.3 is 0 Å². The first-order valence-corrected chi connectivity index (χ1v) is 13.8. The zero-order valence-corrected chi connectivity index (χ0v) is 23.0. The van der Waals surface area contributed by atoms with Crippen LogP contribution >= 0.6 is 11.6 Å². The molecule has 37 heavy (non-hydrogen) atoms. The summed E-state index contributed by atoms with van der Waals surface area (Å²) in [6.07, 6.45) is 0.367. The Bertz CT molecular complexity index is 1360. The molecular weight excluding hydrogens is 510 g/mol. The molecule has 3 rings (SSSR count). The van der Waals surface area contributed by atoms with Crippen LogP contribution in [-0.2, 0) is 26.2 Å². The summed E-state index contributed by atoms with van der Waals surface area (Å²) >= 11 is 5.99. The number of halogens is 1. The zero-order valence-electron chi connectivity index (χ0n) is 21.4. The average Bonchev–Trinajstić information content (AvgIpc) is 2.88. The Kier molecular flexibility index (Phi) is 9.34. The lowest BCUT2D eigenvalue weighted by Gasteiger charge is -2.33. The molecule has 7 nitrogen and oxygen atoms in total. The normalized spacial score (nSPS) is 12.0. The standard InChI is InChI=1S/C28H32ClN3O4S/c1-5-25(28(34)30-4)31(18-22-12-8-6-10-20(22)2)27(33)19-32(26-13-9-7-11-21(26)3)37(35,36)24-16-14-23(29)15-17-24/h6-17,25H,5,18-19H2,1-4H3,(H,30,34). The average molecular weight is 542 g/mol. The quantitative estimate of drug-likeness (QED) is 0.403. The second-order valence-corrected chi connectivity index (χ2v) is 11.0. The van der Waals surface area contributed by atoms with Crippen molar-refractivity contribution in [2.24, 2.45) is 0 Å². The van der Waals surface area contributed by atoms with Gasteiger partial charge in [-0.15, -0.1) is 0 Å². The van der Waals surface area contributed by atoms with Crippen LogP contribution in [0.3, 0.4) is 0 Å². The number of likely N-dealkylation sites (N-methyl/N-ethyl adjacent to an activating group) is 1. The van der Waals surface area contributed by atoms with Gasteiger partial charge in [0.15, 0.2) is 0 Å². The molecule has 0 saturated carbocycles. The van der Waals surface area contributed by atoms with Gasteiger partial charge in [0.25, 0.3) is 10.0 Å². The lowest BCUT2D eigenvalue weighted by atomic mass is 10.1. The number of nitrogens with zero attached hydrogens (tertiary/aromatic N) is 2. The number of carbonyl (C=O) groups is 2. The van der Waals surface area contributed by atoms with E-state index in [-0.39, 0.29) is 17.3 Å². The van der Waals surface area contributed by atoms with E-state index >= 15 is 0 Å². The van der Waals surface area contributed by atoms with Crippen LogP contribution in [0.2, 0.25) is 5.02 Å². The fourth-order valence-electron chi connectivity index (χ4n) is 4.15. The number of hydrogen-bond acceptors (Lipinski definition) is 4. The summed E-state index contributed by atoms with van der Waals surface area (Å²) in [5.41, 5.74) is 2.92. The van der Waals surface area contributed by atoms with Crippen molar-refractivity contribution in [2.45, 2.75) is 44.7 Å². The zero-order chi connectivity index (χ0) is 27.2. The monoisotopic (exact) mass is 541 g/mol. The third-order valence-electron chi connectivity index (χ3n) is 6.30. The molecule has 1 atom stereocenters. The third kappa shape index (κ3) is 6.50. The molecule has 0 bridgehead atoms. The van der Waals surface area contributed by atoms with E-state index in [2.05, 4.69) is 5.32 Å². The van der Waals surface area contributed by atoms with Crippen LogP contribution in [0.4, 0.5) is 5.69 Å². The van der Waals surface area contributed by atoms with E-state index in [1.807, 2.05) is 38.1 Å². The third-order valence-corrected chi connectivity index (χ3v) is 8.32. The van der Waals surface area contributed by atoms with Gasteiger partial charge in [-0.3, -0.25) is 13.9 Å². The van der Waals surface area contributed by atoms with E-state index in [1.165, 1.54) is 36.2 Å². The maximum atomic E-state index is 13.9. The van der Waals surface area contributed by atoms with E-state index in [0.717, 1.165) is 15.4 Å². The first-order valence-electron chi connectivity index (χ1n) is 12.0. The van der Waals surface area contributed by atoms with Crippen molar-refractivity contribution in [3.8, 4) is 0 Å². The van der Waals surface area contributed by atoms with Gasteiger partial charge in [-0.25, -0.2) is 8.42 Å². The van der Waals surface area contributed by atoms with Gasteiger partial charge in [0.1, 0.15) is 12.6 Å². The Labute approximate surface area is 224 Å². The first-order chi connectivity index (χ1) is 17.6. The van der Waals surface area contributed by atoms with E-state index in [1.54, 1.807) is 31.2 Å². The second-order valence-electron chi connectivity index (χ2n) is 8.74. The van der Waals surface area contributed by atoms with Crippen LogP contribution in [0.1, 0.15) is 30.0 Å². The molecule has 3 aromatic rings. The number of sulfonamides is 1. The van der Waals surface area contributed by atoms with Gasteiger partial charge in [-0.1, -0.05) is 61.0 Å². The smallest absolute Gasteiger partial charge is 0.264 e. The van der Waals surface area contributed by atoms with Crippen LogP contribution in [0.15, 0.2) is 77.7 Å². The number of benzene rings is 3. The number of hydrogen-bond donors (Lipinski definition) is 1. The maximum Gasteiger partial charge on any atom is 0.264 e. The Balaban J connectivity index is 2.08. The number of amides is 2. The van der Waals surface area contributed by atoms with E-state index in [9.17, 15) is 18.0 Å². The molecule has 0 saturated heterocycles. The van der Waals surface area contributed by atoms with Gasteiger partial charge in [0.2, 0.25) is 11.8 Å². The summed E-state index contributed by atoms with van der Waals surface area (Å²) < 4.78 is 28.8. The largest absolute Gasteiger partial charge is 0.357 e. The van der Waals surface area contributed by atoms with Crippen LogP contribution in [0, 0.1) is 13.8 Å². The molecule has 1 N–H and O–H groups in total. The first kappa shape index (κ1) is 28.2. The molecule has 196 valence electrons. The summed E-state index contributed by atoms with van der Waals surface area (Å²) in [4.78, 5) is 28.2. The molecular formula is C28H32ClN3O4S. The van der Waals surface area contributed by atoms with Gasteiger partial charge < -0.3 is 10.2 Å². The molecule has 0 fully saturated rings. The second kappa shape index (κ2) is 12.3. The number of nitrogens with one attached hydrogen (secondary N) is 1. The van der Waals surface area contributed by atoms with Gasteiger partial charge in [0.05, 0.1) is 10.6 Å². The van der Waals surface area contributed by atoms with Crippen molar-refractivity contribution in [1.29, 1.82) is 0 Å². The molecule has 3 aromatic carbocycles. The highest BCUT2D eigenvalue weighted by atomic mass is 35.5. The van der Waals surface area contributed by atoms with Crippen molar-refractivity contribution in [2.75, 3.05) is 17.9 Å². The van der Waals surface area contributed by atoms with E-state index < -0.39 is 28.5 Å². The summed E-state index contributed by atoms with van der Waals surface area (Å²) in [6.45, 7) is 5.23. The molecule has 9 heteroatoms. The molecule has 0 aliphatic heterocycles. The molecule has 0 spiro atoms. The molecule has 0 aliphatic carbocycles. The van der Waals surface area contributed by atoms with Crippen molar-refractivity contribution in [3.63, 3.8) is 0 Å². The highest BCUT2D eigenvalue weighted by Gasteiger charge is 2.34. The van der Waals surface area contributed by atoms with Crippen molar-refractivity contribution in [3.05, 3.63) is 94.5 Å². The van der Waals surface area contributed by atoms with Crippen molar-refractivity contribution in [1.82, 2.24) is 10.2 Å². The highest BCUT2D eigenvalue weighted by Crippen LogP contribution is 2.28. The maximum absolute atomic E-state index is 13.9. The number of aryl methyl sites for hydroxylation is 2. The van der Waals surface area contributed by atoms with Crippen LogP contribution in [-0.4, -0.2) is 44.8 Å². The Hall–Kier alpha value is -3.36. The van der Waals surface area contributed by atoms with Crippen LogP contribution < -0.4 is 9.62 Å². The Morgan fingerprint density at radius 3 is 2.08 bits per heavy atom. The van der Waals surface area contributed by atoms with Gasteiger partial charge in [-0.2, -0.15) is 0 Å². The predicted octanol–water partition coefficient (Wildman–Crippen LogP) is 4.71. The molecule has 0 aliphatic rings. The number of anilines is 1. The molecule has 1 unspecified atom stereocenters. The van der Waals surface area contributed by atoms with Crippen molar-refractivity contribution >= 4 is 39.1 Å². The number of carbonyl (C=O) groups excluding carboxylic acids is 2. The SMILES string of the molecule is CCC(C(=O)NC)N(Cc1ccccc1C)C(=O)CN(c1ccccc1C)S(=O)(=O)c1ccc(Cl)cc1. The molecule has 0 aromatic heterocycles. The van der Waals surface area contributed by atoms with Gasteiger partial charge in [0, 0.05) is 18.6 Å². The Morgan fingerprint density at radius 2 is 1.51 bits per heavy atom.